The van der Waals surface area contributed by atoms with Crippen molar-refractivity contribution in [2.24, 2.45) is 11.3 Å². The van der Waals surface area contributed by atoms with Crippen LogP contribution in [-0.4, -0.2) is 0 Å². The average Bonchev–Trinajstić information content (AvgIpc) is 2.14. The normalized spacial score (nSPS) is 14.3. The smallest absolute Gasteiger partial charge is 0.123 e. The minimum absolute atomic E-state index is 0.181. The van der Waals surface area contributed by atoms with Crippen molar-refractivity contribution in [3.8, 4) is 0 Å². The van der Waals surface area contributed by atoms with Gasteiger partial charge in [0.25, 0.3) is 0 Å². The van der Waals surface area contributed by atoms with E-state index in [4.69, 9.17) is 0 Å². The molecule has 0 aliphatic carbocycles. The van der Waals surface area contributed by atoms with Crippen LogP contribution in [-0.2, 0) is 0 Å². The lowest BCUT2D eigenvalue weighted by atomic mass is 9.85. The molecule has 1 rings (SSSR count). The maximum Gasteiger partial charge on any atom is 0.123 e. The maximum atomic E-state index is 12.7. The Morgan fingerprint density at radius 1 is 1.19 bits per heavy atom. The zero-order valence-electron chi connectivity index (χ0n) is 10.6. The van der Waals surface area contributed by atoms with Gasteiger partial charge in [-0.25, -0.2) is 4.39 Å². The summed E-state index contributed by atoms with van der Waals surface area (Å²) in [6, 6.07) is 6.59. The Hall–Kier alpha value is -1.11. The molecule has 88 valence electrons. The standard InChI is InChI=1S/C15H21F/c1-12(11-15(2,3)4)5-6-13-7-9-14(16)10-8-13/h5-10,12H,11H2,1-4H3. The fourth-order valence-electron chi connectivity index (χ4n) is 1.88. The number of hydrogen-bond donors (Lipinski definition) is 0. The van der Waals surface area contributed by atoms with E-state index in [0.717, 1.165) is 12.0 Å². The van der Waals surface area contributed by atoms with Crippen molar-refractivity contribution in [3.63, 3.8) is 0 Å². The minimum Gasteiger partial charge on any atom is -0.207 e. The molecular formula is C15H21F. The maximum absolute atomic E-state index is 12.7. The molecule has 0 bridgehead atoms. The average molecular weight is 220 g/mol. The Morgan fingerprint density at radius 2 is 1.75 bits per heavy atom. The van der Waals surface area contributed by atoms with Gasteiger partial charge in [-0.2, -0.15) is 0 Å². The monoisotopic (exact) mass is 220 g/mol. The number of hydrogen-bond acceptors (Lipinski definition) is 0. The molecule has 0 spiro atoms. The highest BCUT2D eigenvalue weighted by Gasteiger charge is 2.12. The van der Waals surface area contributed by atoms with Crippen LogP contribution in [0.4, 0.5) is 4.39 Å². The van der Waals surface area contributed by atoms with Gasteiger partial charge in [-0.15, -0.1) is 0 Å². The van der Waals surface area contributed by atoms with Crippen molar-refractivity contribution in [2.45, 2.75) is 34.1 Å². The molecule has 0 aliphatic rings. The van der Waals surface area contributed by atoms with Crippen LogP contribution in [0.15, 0.2) is 30.3 Å². The molecule has 0 nitrogen and oxygen atoms in total. The lowest BCUT2D eigenvalue weighted by Crippen LogP contribution is -2.09. The first kappa shape index (κ1) is 13.0. The molecule has 0 N–H and O–H groups in total. The predicted molar refractivity (Wildman–Crippen MR) is 68.7 cm³/mol. The summed E-state index contributed by atoms with van der Waals surface area (Å²) in [5.74, 6) is 0.366. The van der Waals surface area contributed by atoms with Crippen LogP contribution < -0.4 is 0 Å². The number of benzene rings is 1. The molecule has 0 amide bonds. The Kier molecular flexibility index (Phi) is 4.28. The minimum atomic E-state index is -0.181. The summed E-state index contributed by atoms with van der Waals surface area (Å²) in [5.41, 5.74) is 1.41. The van der Waals surface area contributed by atoms with Gasteiger partial charge in [-0.1, -0.05) is 52.0 Å². The molecule has 0 saturated carbocycles. The summed E-state index contributed by atoms with van der Waals surface area (Å²) in [5, 5.41) is 0. The summed E-state index contributed by atoms with van der Waals surface area (Å²) in [7, 11) is 0. The Labute approximate surface area is 98.2 Å². The molecule has 0 fully saturated rings. The summed E-state index contributed by atoms with van der Waals surface area (Å²) in [6.07, 6.45) is 5.42. The van der Waals surface area contributed by atoms with Crippen molar-refractivity contribution in [3.05, 3.63) is 41.7 Å². The van der Waals surface area contributed by atoms with E-state index in [2.05, 4.69) is 39.8 Å². The second kappa shape index (κ2) is 5.29. The van der Waals surface area contributed by atoms with E-state index in [1.54, 1.807) is 12.1 Å². The summed E-state index contributed by atoms with van der Waals surface area (Å²) < 4.78 is 12.7. The first-order chi connectivity index (χ1) is 7.37. The largest absolute Gasteiger partial charge is 0.207 e. The second-order valence-electron chi connectivity index (χ2n) is 5.65. The quantitative estimate of drug-likeness (QED) is 0.679. The zero-order valence-corrected chi connectivity index (χ0v) is 10.6. The topological polar surface area (TPSA) is 0 Å². The van der Waals surface area contributed by atoms with Crippen molar-refractivity contribution in [1.82, 2.24) is 0 Å². The predicted octanol–water partition coefficient (Wildman–Crippen LogP) is 4.91. The fraction of sp³-hybridized carbons (Fsp3) is 0.467. The Morgan fingerprint density at radius 3 is 2.25 bits per heavy atom. The van der Waals surface area contributed by atoms with E-state index in [0.29, 0.717) is 11.3 Å². The van der Waals surface area contributed by atoms with Crippen LogP contribution in [0, 0.1) is 17.2 Å². The van der Waals surface area contributed by atoms with Gasteiger partial charge < -0.3 is 0 Å². The number of rotatable bonds is 3. The molecule has 0 saturated heterocycles. The molecule has 0 radical (unpaired) electrons. The van der Waals surface area contributed by atoms with Crippen molar-refractivity contribution < 1.29 is 4.39 Å². The molecule has 1 heteroatoms. The lowest BCUT2D eigenvalue weighted by molar-refractivity contribution is 0.337. The van der Waals surface area contributed by atoms with Gasteiger partial charge in [0.1, 0.15) is 5.82 Å². The van der Waals surface area contributed by atoms with Crippen LogP contribution in [0.2, 0.25) is 0 Å². The summed E-state index contributed by atoms with van der Waals surface area (Å²) in [4.78, 5) is 0. The van der Waals surface area contributed by atoms with Gasteiger partial charge in [0, 0.05) is 0 Å². The molecule has 16 heavy (non-hydrogen) atoms. The number of allylic oxidation sites excluding steroid dienone is 1. The molecule has 1 aromatic carbocycles. The Bertz CT molecular complexity index is 341. The van der Waals surface area contributed by atoms with Gasteiger partial charge in [0.05, 0.1) is 0 Å². The zero-order chi connectivity index (χ0) is 12.2. The SMILES string of the molecule is CC(C=Cc1ccc(F)cc1)CC(C)(C)C. The number of halogens is 1. The van der Waals surface area contributed by atoms with E-state index in [-0.39, 0.29) is 5.82 Å². The Balaban J connectivity index is 2.56. The van der Waals surface area contributed by atoms with Gasteiger partial charge in [0.15, 0.2) is 0 Å². The van der Waals surface area contributed by atoms with Crippen LogP contribution in [0.3, 0.4) is 0 Å². The van der Waals surface area contributed by atoms with Crippen LogP contribution in [0.25, 0.3) is 6.08 Å². The van der Waals surface area contributed by atoms with Crippen LogP contribution in [0.5, 0.6) is 0 Å². The first-order valence-corrected chi connectivity index (χ1v) is 5.80. The van der Waals surface area contributed by atoms with Gasteiger partial charge in [-0.3, -0.25) is 0 Å². The summed E-state index contributed by atoms with van der Waals surface area (Å²) in [6.45, 7) is 8.95. The third-order valence-electron chi connectivity index (χ3n) is 2.42. The third-order valence-corrected chi connectivity index (χ3v) is 2.42. The molecule has 1 unspecified atom stereocenters. The molecule has 1 aromatic rings. The molecule has 0 aromatic heterocycles. The van der Waals surface area contributed by atoms with E-state index in [1.807, 2.05) is 0 Å². The van der Waals surface area contributed by atoms with Gasteiger partial charge in [-0.05, 0) is 35.4 Å². The van der Waals surface area contributed by atoms with Gasteiger partial charge in [0.2, 0.25) is 0 Å². The van der Waals surface area contributed by atoms with Crippen molar-refractivity contribution in [2.75, 3.05) is 0 Å². The molecular weight excluding hydrogens is 199 g/mol. The molecule has 0 aliphatic heterocycles. The van der Waals surface area contributed by atoms with Crippen molar-refractivity contribution in [1.29, 1.82) is 0 Å². The van der Waals surface area contributed by atoms with Crippen LogP contribution in [0.1, 0.15) is 39.7 Å². The van der Waals surface area contributed by atoms with E-state index < -0.39 is 0 Å². The highest BCUT2D eigenvalue weighted by molar-refractivity contribution is 5.49. The highest BCUT2D eigenvalue weighted by atomic mass is 19.1. The molecule has 0 heterocycles. The second-order valence-corrected chi connectivity index (χ2v) is 5.65. The van der Waals surface area contributed by atoms with E-state index in [1.165, 1.54) is 12.1 Å². The molecule has 1 atom stereocenters. The van der Waals surface area contributed by atoms with Crippen molar-refractivity contribution >= 4 is 6.08 Å². The van der Waals surface area contributed by atoms with E-state index >= 15 is 0 Å². The highest BCUT2D eigenvalue weighted by Crippen LogP contribution is 2.25. The van der Waals surface area contributed by atoms with E-state index in [9.17, 15) is 4.39 Å². The fourth-order valence-corrected chi connectivity index (χ4v) is 1.88. The first-order valence-electron chi connectivity index (χ1n) is 5.80. The van der Waals surface area contributed by atoms with Gasteiger partial charge >= 0.3 is 0 Å². The third kappa shape index (κ3) is 5.11. The summed E-state index contributed by atoms with van der Waals surface area (Å²) >= 11 is 0. The van der Waals surface area contributed by atoms with Crippen LogP contribution >= 0.6 is 0 Å². The lowest BCUT2D eigenvalue weighted by Gasteiger charge is -2.21.